The van der Waals surface area contributed by atoms with Crippen LogP contribution in [0, 0.1) is 6.92 Å². The van der Waals surface area contributed by atoms with Crippen molar-refractivity contribution < 1.29 is 0 Å². The summed E-state index contributed by atoms with van der Waals surface area (Å²) in [4.78, 5) is 9.34. The third kappa shape index (κ3) is 2.34. The van der Waals surface area contributed by atoms with E-state index in [-0.39, 0.29) is 0 Å². The lowest BCUT2D eigenvalue weighted by molar-refractivity contribution is 0.942. The minimum atomic E-state index is 0.695. The van der Waals surface area contributed by atoms with E-state index in [2.05, 4.69) is 38.1 Å². The van der Waals surface area contributed by atoms with Gasteiger partial charge >= 0.3 is 0 Å². The van der Waals surface area contributed by atoms with E-state index in [0.717, 1.165) is 22.3 Å². The molecular weight excluding hydrogens is 290 g/mol. The summed E-state index contributed by atoms with van der Waals surface area (Å²) in [6, 6.07) is 5.93. The number of anilines is 2. The SMILES string of the molecule is CSc1ncc(S)c(Nc2cccc3n[nH]c(C)c23)n1. The van der Waals surface area contributed by atoms with E-state index in [0.29, 0.717) is 15.9 Å². The van der Waals surface area contributed by atoms with Crippen LogP contribution in [0.1, 0.15) is 5.69 Å². The number of hydrogen-bond acceptors (Lipinski definition) is 6. The molecular formula is C13H13N5S2. The molecule has 0 aliphatic rings. The highest BCUT2D eigenvalue weighted by atomic mass is 32.2. The van der Waals surface area contributed by atoms with Gasteiger partial charge in [-0.1, -0.05) is 17.8 Å². The van der Waals surface area contributed by atoms with Crippen molar-refractivity contribution in [3.8, 4) is 0 Å². The predicted molar refractivity (Wildman–Crippen MR) is 85.2 cm³/mol. The Morgan fingerprint density at radius 3 is 3.00 bits per heavy atom. The maximum Gasteiger partial charge on any atom is 0.189 e. The molecule has 102 valence electrons. The highest BCUT2D eigenvalue weighted by molar-refractivity contribution is 7.98. The zero-order chi connectivity index (χ0) is 14.1. The summed E-state index contributed by atoms with van der Waals surface area (Å²) < 4.78 is 0. The van der Waals surface area contributed by atoms with Crippen LogP contribution in [0.15, 0.2) is 34.4 Å². The van der Waals surface area contributed by atoms with E-state index in [9.17, 15) is 0 Å². The number of aromatic amines is 1. The van der Waals surface area contributed by atoms with E-state index in [4.69, 9.17) is 0 Å². The Bertz CT molecular complexity index is 769. The van der Waals surface area contributed by atoms with Gasteiger partial charge in [-0.3, -0.25) is 5.10 Å². The molecule has 0 radical (unpaired) electrons. The molecule has 3 rings (SSSR count). The van der Waals surface area contributed by atoms with Crippen LogP contribution in [-0.4, -0.2) is 26.4 Å². The lowest BCUT2D eigenvalue weighted by atomic mass is 10.2. The summed E-state index contributed by atoms with van der Waals surface area (Å²) in [6.07, 6.45) is 3.64. The Balaban J connectivity index is 2.07. The number of aromatic nitrogens is 4. The molecule has 3 aromatic rings. The first kappa shape index (κ1) is 13.3. The second-order valence-corrected chi connectivity index (χ2v) is 5.52. The monoisotopic (exact) mass is 303 g/mol. The molecule has 0 unspecified atom stereocenters. The van der Waals surface area contributed by atoms with E-state index in [1.54, 1.807) is 6.20 Å². The molecule has 0 saturated carbocycles. The quantitative estimate of drug-likeness (QED) is 0.393. The molecule has 0 bridgehead atoms. The summed E-state index contributed by atoms with van der Waals surface area (Å²) in [5.74, 6) is 0.695. The molecule has 0 aliphatic carbocycles. The second-order valence-electron chi connectivity index (χ2n) is 4.26. The average molecular weight is 303 g/mol. The number of hydrogen-bond donors (Lipinski definition) is 3. The van der Waals surface area contributed by atoms with E-state index >= 15 is 0 Å². The van der Waals surface area contributed by atoms with Gasteiger partial charge < -0.3 is 5.32 Å². The second kappa shape index (κ2) is 5.34. The molecule has 0 atom stereocenters. The largest absolute Gasteiger partial charge is 0.339 e. The van der Waals surface area contributed by atoms with Crippen molar-refractivity contribution in [1.82, 2.24) is 20.2 Å². The van der Waals surface area contributed by atoms with Crippen LogP contribution in [0.25, 0.3) is 10.9 Å². The third-order valence-electron chi connectivity index (χ3n) is 2.94. The molecule has 7 heteroatoms. The molecule has 5 nitrogen and oxygen atoms in total. The summed E-state index contributed by atoms with van der Waals surface area (Å²) in [6.45, 7) is 2.00. The number of thiol groups is 1. The van der Waals surface area contributed by atoms with Gasteiger partial charge in [0, 0.05) is 17.3 Å². The van der Waals surface area contributed by atoms with Crippen molar-refractivity contribution in [3.05, 3.63) is 30.1 Å². The van der Waals surface area contributed by atoms with Crippen LogP contribution < -0.4 is 5.32 Å². The molecule has 0 aliphatic heterocycles. The van der Waals surface area contributed by atoms with Crippen LogP contribution in [-0.2, 0) is 0 Å². The number of benzene rings is 1. The minimum Gasteiger partial charge on any atom is -0.339 e. The molecule has 2 aromatic heterocycles. The van der Waals surface area contributed by atoms with Gasteiger partial charge in [-0.25, -0.2) is 9.97 Å². The van der Waals surface area contributed by atoms with Gasteiger partial charge in [0.1, 0.15) is 5.82 Å². The highest BCUT2D eigenvalue weighted by Gasteiger charge is 2.10. The van der Waals surface area contributed by atoms with Crippen LogP contribution >= 0.6 is 24.4 Å². The molecule has 20 heavy (non-hydrogen) atoms. The van der Waals surface area contributed by atoms with E-state index in [1.807, 2.05) is 31.4 Å². The van der Waals surface area contributed by atoms with Crippen molar-refractivity contribution in [2.75, 3.05) is 11.6 Å². The molecule has 2 N–H and O–H groups in total. The maximum atomic E-state index is 4.44. The lowest BCUT2D eigenvalue weighted by Gasteiger charge is -2.10. The van der Waals surface area contributed by atoms with Crippen molar-refractivity contribution in [1.29, 1.82) is 0 Å². The lowest BCUT2D eigenvalue weighted by Crippen LogP contribution is -1.98. The third-order valence-corrected chi connectivity index (χ3v) is 3.83. The smallest absolute Gasteiger partial charge is 0.189 e. The van der Waals surface area contributed by atoms with E-state index < -0.39 is 0 Å². The molecule has 0 spiro atoms. The Hall–Kier alpha value is -1.73. The summed E-state index contributed by atoms with van der Waals surface area (Å²) in [5, 5.41) is 12.3. The average Bonchev–Trinajstić information content (AvgIpc) is 2.84. The highest BCUT2D eigenvalue weighted by Crippen LogP contribution is 2.29. The number of nitrogens with one attached hydrogen (secondary N) is 2. The topological polar surface area (TPSA) is 66.5 Å². The Morgan fingerprint density at radius 1 is 1.35 bits per heavy atom. The molecule has 0 saturated heterocycles. The van der Waals surface area contributed by atoms with Gasteiger partial charge in [-0.05, 0) is 25.3 Å². The number of nitrogens with zero attached hydrogens (tertiary/aromatic N) is 3. The van der Waals surface area contributed by atoms with Crippen LogP contribution in [0.4, 0.5) is 11.5 Å². The number of thioether (sulfide) groups is 1. The van der Waals surface area contributed by atoms with Gasteiger partial charge in [0.15, 0.2) is 5.16 Å². The Morgan fingerprint density at radius 2 is 2.20 bits per heavy atom. The molecule has 0 fully saturated rings. The van der Waals surface area contributed by atoms with Gasteiger partial charge in [-0.15, -0.1) is 12.6 Å². The first-order valence-electron chi connectivity index (χ1n) is 5.99. The van der Waals surface area contributed by atoms with Gasteiger partial charge in [-0.2, -0.15) is 5.10 Å². The van der Waals surface area contributed by atoms with Gasteiger partial charge in [0.2, 0.25) is 0 Å². The van der Waals surface area contributed by atoms with Gasteiger partial charge in [0.25, 0.3) is 0 Å². The van der Waals surface area contributed by atoms with E-state index in [1.165, 1.54) is 11.8 Å². The fourth-order valence-corrected chi connectivity index (χ4v) is 2.51. The number of H-pyrrole nitrogens is 1. The maximum absolute atomic E-state index is 4.44. The van der Waals surface area contributed by atoms with Gasteiger partial charge in [0.05, 0.1) is 16.1 Å². The van der Waals surface area contributed by atoms with Crippen molar-refractivity contribution in [3.63, 3.8) is 0 Å². The minimum absolute atomic E-state index is 0.695. The summed E-state index contributed by atoms with van der Waals surface area (Å²) in [5.41, 5.74) is 2.89. The summed E-state index contributed by atoms with van der Waals surface area (Å²) >= 11 is 5.90. The molecule has 0 amide bonds. The fraction of sp³-hybridized carbons (Fsp3) is 0.154. The van der Waals surface area contributed by atoms with Crippen LogP contribution in [0.3, 0.4) is 0 Å². The van der Waals surface area contributed by atoms with Crippen molar-refractivity contribution >= 4 is 46.8 Å². The molecule has 1 aromatic carbocycles. The first-order valence-corrected chi connectivity index (χ1v) is 7.67. The van der Waals surface area contributed by atoms with Crippen LogP contribution in [0.5, 0.6) is 0 Å². The Kier molecular flexibility index (Phi) is 3.54. The Labute approximate surface area is 126 Å². The first-order chi connectivity index (χ1) is 9.69. The number of rotatable bonds is 3. The molecule has 2 heterocycles. The van der Waals surface area contributed by atoms with Crippen molar-refractivity contribution in [2.24, 2.45) is 0 Å². The fourth-order valence-electron chi connectivity index (χ4n) is 2.01. The number of aryl methyl sites for hydroxylation is 1. The standard InChI is InChI=1S/C13H13N5S2/c1-7-11-8(4-3-5-9(11)18-17-7)15-12-10(19)6-14-13(16-12)20-2/h3-6,19H,1-2H3,(H,17,18)(H,14,15,16). The normalized spacial score (nSPS) is 10.9. The summed E-state index contributed by atoms with van der Waals surface area (Å²) in [7, 11) is 0. The zero-order valence-electron chi connectivity index (χ0n) is 11.0. The van der Waals surface area contributed by atoms with Crippen molar-refractivity contribution in [2.45, 2.75) is 17.0 Å². The zero-order valence-corrected chi connectivity index (χ0v) is 12.7. The number of fused-ring (bicyclic) bond motifs is 1. The van der Waals surface area contributed by atoms with Crippen LogP contribution in [0.2, 0.25) is 0 Å². The predicted octanol–water partition coefficient (Wildman–Crippen LogP) is 3.42.